The first-order valence-electron chi connectivity index (χ1n) is 28.3. The Morgan fingerprint density at radius 2 is 0.857 bits per heavy atom. The summed E-state index contributed by atoms with van der Waals surface area (Å²) < 4.78 is 16.3. The smallest absolute Gasteiger partial charge is 0.407 e. The topological polar surface area (TPSA) is 211 Å². The van der Waals surface area contributed by atoms with Crippen LogP contribution < -0.4 is 21.3 Å². The molecule has 0 bridgehead atoms. The number of benzene rings is 5. The third-order valence-corrected chi connectivity index (χ3v) is 14.2. The highest BCUT2D eigenvalue weighted by atomic mass is 16.6. The highest BCUT2D eigenvalue weighted by molar-refractivity contribution is 5.79. The number of aliphatic hydroxyl groups is 3. The summed E-state index contributed by atoms with van der Waals surface area (Å²) in [5.41, 5.74) is 6.62. The summed E-state index contributed by atoms with van der Waals surface area (Å²) in [5.74, 6) is 0.353. The number of ether oxygens (including phenoxy) is 3. The average Bonchev–Trinajstić information content (AvgIpc) is 2.27. The molecule has 5 aromatic carbocycles. The van der Waals surface area contributed by atoms with Crippen LogP contribution in [0.2, 0.25) is 0 Å². The molecule has 0 spiro atoms. The van der Waals surface area contributed by atoms with Crippen molar-refractivity contribution in [3.05, 3.63) is 178 Å². The van der Waals surface area contributed by atoms with E-state index in [1.54, 1.807) is 4.90 Å². The zero-order valence-corrected chi connectivity index (χ0v) is 49.0. The summed E-state index contributed by atoms with van der Waals surface area (Å²) in [6.45, 7) is 21.9. The van der Waals surface area contributed by atoms with Gasteiger partial charge in [0.25, 0.3) is 0 Å². The maximum atomic E-state index is 12.9. The van der Waals surface area contributed by atoms with Gasteiger partial charge in [0.2, 0.25) is 5.91 Å². The molecule has 16 nitrogen and oxygen atoms in total. The molecule has 4 amide bonds. The first-order chi connectivity index (χ1) is 38.5. The monoisotopic (exact) mass is 1160 g/mol. The van der Waals surface area contributed by atoms with E-state index in [1.807, 2.05) is 159 Å². The van der Waals surface area contributed by atoms with Crippen LogP contribution in [-0.4, -0.2) is 117 Å². The van der Waals surface area contributed by atoms with E-state index in [1.165, 1.54) is 16.7 Å². The van der Waals surface area contributed by atoms with E-state index in [2.05, 4.69) is 62.6 Å². The van der Waals surface area contributed by atoms with Gasteiger partial charge in [-0.15, -0.1) is 0 Å². The van der Waals surface area contributed by atoms with Crippen LogP contribution in [0.25, 0.3) is 0 Å². The Morgan fingerprint density at radius 1 is 0.488 bits per heavy atom. The van der Waals surface area contributed by atoms with Crippen molar-refractivity contribution in [1.82, 2.24) is 31.1 Å². The van der Waals surface area contributed by atoms with Crippen LogP contribution in [0.15, 0.2) is 133 Å². The second-order valence-electron chi connectivity index (χ2n) is 24.2. The molecule has 6 atom stereocenters. The van der Waals surface area contributed by atoms with Crippen molar-refractivity contribution in [3.63, 3.8) is 0 Å². The normalized spacial score (nSPS) is 19.8. The van der Waals surface area contributed by atoms with Gasteiger partial charge >= 0.3 is 18.3 Å². The maximum Gasteiger partial charge on any atom is 0.407 e. The van der Waals surface area contributed by atoms with Crippen LogP contribution in [0.4, 0.5) is 14.4 Å². The molecule has 7 N–H and O–H groups in total. The molecule has 16 heteroatoms. The van der Waals surface area contributed by atoms with Gasteiger partial charge < -0.3 is 55.7 Å². The first-order valence-corrected chi connectivity index (χ1v) is 28.3. The highest BCUT2D eigenvalue weighted by Crippen LogP contribution is 2.33. The number of amides is 4. The quantitative estimate of drug-likeness (QED) is 0.0549. The average molecular weight is 1160 g/mol. The number of alkyl carbamates (subject to hydrolysis) is 3. The molecular formula is C68H100N6O10. The van der Waals surface area contributed by atoms with Crippen LogP contribution in [0.1, 0.15) is 166 Å². The number of nitrogens with zero attached hydrogens (tertiary/aromatic N) is 2. The molecule has 462 valence electrons. The minimum Gasteiger partial charge on any atom is -0.444 e. The van der Waals surface area contributed by atoms with Crippen LogP contribution in [0, 0.1) is 0 Å². The van der Waals surface area contributed by atoms with Gasteiger partial charge in [-0.2, -0.15) is 0 Å². The summed E-state index contributed by atoms with van der Waals surface area (Å²) in [4.78, 5) is 54.1. The predicted octanol–water partition coefficient (Wildman–Crippen LogP) is 11.7. The molecular weight excluding hydrogens is 1060 g/mol. The lowest BCUT2D eigenvalue weighted by Crippen LogP contribution is -2.54. The Balaban J connectivity index is 0.000000328. The van der Waals surface area contributed by atoms with E-state index in [4.69, 9.17) is 19.3 Å². The molecule has 0 aromatic heterocycles. The fraction of sp³-hybridized carbons (Fsp3) is 0.500. The Morgan fingerprint density at radius 3 is 1.26 bits per heavy atom. The van der Waals surface area contributed by atoms with E-state index in [-0.39, 0.29) is 96.1 Å². The first kappa shape index (κ1) is 71.4. The van der Waals surface area contributed by atoms with Crippen molar-refractivity contribution in [2.24, 2.45) is 0 Å². The van der Waals surface area contributed by atoms with E-state index < -0.39 is 22.9 Å². The van der Waals surface area contributed by atoms with Crippen LogP contribution in [0.3, 0.4) is 0 Å². The van der Waals surface area contributed by atoms with Crippen molar-refractivity contribution < 1.29 is 48.7 Å². The standard InChI is InChI=1S/C24H30N2O4.C24H32N2O3.C17H26N2O3.3CH4/c1-24(2,3)30-23(29)25-21-15-26(14-17-7-5-4-6-8-17)22(28)13-20(21)19-11-9-18(16-27)10-12-19;1-24(2,3)29-23(28)25-22-16-26(15-18-7-5-4-6-8-18)14-13-21(22)20-11-9-19(17-27)10-12-20;1-17(2,3)22-16(21)19-15-10-18-9-8-14(15)13-6-4-12(11-20)5-7-13;;;/h4-12,20-21,27H,13-16H2,1-3H3,(H,25,29);4-12,21-22,27H,13-17H2,1-3H3,(H,25,28);4-7,14-15,18,20H,8-11H2,1-3H3,(H,19,21);3*1H4/t20?,21-;21?,22-;14?,15-;;;/m000.../s1. The van der Waals surface area contributed by atoms with Crippen molar-refractivity contribution in [2.75, 3.05) is 32.7 Å². The van der Waals surface area contributed by atoms with Gasteiger partial charge in [0.05, 0.1) is 37.9 Å². The van der Waals surface area contributed by atoms with Gasteiger partial charge in [-0.05, 0) is 133 Å². The molecule has 3 aliphatic heterocycles. The highest BCUT2D eigenvalue weighted by Gasteiger charge is 2.38. The fourth-order valence-corrected chi connectivity index (χ4v) is 10.3. The molecule has 5 aromatic rings. The third-order valence-electron chi connectivity index (χ3n) is 14.2. The van der Waals surface area contributed by atoms with Crippen molar-refractivity contribution >= 4 is 24.2 Å². The molecule has 0 saturated carbocycles. The number of carbonyl (C=O) groups excluding carboxylic acids is 4. The molecule has 3 fully saturated rings. The molecule has 84 heavy (non-hydrogen) atoms. The fourth-order valence-electron chi connectivity index (χ4n) is 10.3. The summed E-state index contributed by atoms with van der Waals surface area (Å²) >= 11 is 0. The molecule has 0 radical (unpaired) electrons. The lowest BCUT2D eigenvalue weighted by atomic mass is 9.84. The molecule has 3 aliphatic rings. The van der Waals surface area contributed by atoms with Gasteiger partial charge in [0.1, 0.15) is 16.8 Å². The minimum absolute atomic E-state index is 0. The lowest BCUT2D eigenvalue weighted by Gasteiger charge is -2.39. The zero-order chi connectivity index (χ0) is 58.7. The summed E-state index contributed by atoms with van der Waals surface area (Å²) in [7, 11) is 0. The van der Waals surface area contributed by atoms with Gasteiger partial charge in [-0.25, -0.2) is 14.4 Å². The largest absolute Gasteiger partial charge is 0.444 e. The lowest BCUT2D eigenvalue weighted by molar-refractivity contribution is -0.135. The maximum absolute atomic E-state index is 12.9. The number of likely N-dealkylation sites (tertiary alicyclic amines) is 2. The van der Waals surface area contributed by atoms with Crippen LogP contribution in [-0.2, 0) is 51.9 Å². The van der Waals surface area contributed by atoms with Gasteiger partial charge in [0.15, 0.2) is 0 Å². The molecule has 3 heterocycles. The number of hydrogen-bond donors (Lipinski definition) is 7. The third kappa shape index (κ3) is 23.7. The number of rotatable bonds is 13. The van der Waals surface area contributed by atoms with Gasteiger partial charge in [-0.1, -0.05) is 156 Å². The minimum atomic E-state index is -0.601. The zero-order valence-electron chi connectivity index (χ0n) is 49.0. The van der Waals surface area contributed by atoms with E-state index in [0.29, 0.717) is 19.5 Å². The number of carbonyl (C=O) groups is 4. The molecule has 0 aliphatic carbocycles. The number of aliphatic hydroxyl groups excluding tert-OH is 3. The second kappa shape index (κ2) is 33.6. The molecule has 8 rings (SSSR count). The van der Waals surface area contributed by atoms with Crippen molar-refractivity contribution in [1.29, 1.82) is 0 Å². The Hall–Kier alpha value is -6.82. The predicted molar refractivity (Wildman–Crippen MR) is 335 cm³/mol. The van der Waals surface area contributed by atoms with Gasteiger partial charge in [-0.3, -0.25) is 9.69 Å². The van der Waals surface area contributed by atoms with E-state index in [0.717, 1.165) is 73.4 Å². The number of piperidine rings is 3. The summed E-state index contributed by atoms with van der Waals surface area (Å²) in [5, 5.41) is 40.1. The second-order valence-corrected chi connectivity index (χ2v) is 24.2. The molecule has 3 unspecified atom stereocenters. The summed E-state index contributed by atoms with van der Waals surface area (Å²) in [6.07, 6.45) is 0.967. The molecule has 3 saturated heterocycles. The van der Waals surface area contributed by atoms with Gasteiger partial charge in [0, 0.05) is 56.9 Å². The Bertz CT molecular complexity index is 2730. The van der Waals surface area contributed by atoms with Crippen LogP contribution >= 0.6 is 0 Å². The number of nitrogens with one attached hydrogen (secondary N) is 4. The van der Waals surface area contributed by atoms with Crippen molar-refractivity contribution in [3.8, 4) is 0 Å². The van der Waals surface area contributed by atoms with E-state index >= 15 is 0 Å². The summed E-state index contributed by atoms with van der Waals surface area (Å²) in [6, 6.07) is 43.4. The van der Waals surface area contributed by atoms with E-state index in [9.17, 15) is 29.4 Å². The van der Waals surface area contributed by atoms with Crippen molar-refractivity contribution in [2.45, 2.75) is 189 Å². The number of hydrogen-bond acceptors (Lipinski definition) is 12. The SMILES string of the molecule is C.C.C.CC(C)(C)OC(=O)N[C@H]1CN(Cc2ccccc2)C(=O)CC1c1ccc(CO)cc1.CC(C)(C)OC(=O)N[C@H]1CN(Cc2ccccc2)CCC1c1ccc(CO)cc1.CC(C)(C)OC(=O)N[C@H]1CNCCC1c1ccc(CO)cc1. The van der Waals surface area contributed by atoms with Crippen LogP contribution in [0.5, 0.6) is 0 Å². The Labute approximate surface area is 502 Å². The Kier molecular flexibility index (Phi) is 28.6.